The van der Waals surface area contributed by atoms with Gasteiger partial charge < -0.3 is 5.73 Å². The molecular weight excluding hydrogens is 306 g/mol. The molecule has 1 aromatic heterocycles. The first-order valence-corrected chi connectivity index (χ1v) is 8.59. The summed E-state index contributed by atoms with van der Waals surface area (Å²) in [6.45, 7) is 5.62. The number of hydrogen-bond donors (Lipinski definition) is 2. The third kappa shape index (κ3) is 3.75. The van der Waals surface area contributed by atoms with E-state index in [0.717, 1.165) is 21.2 Å². The summed E-state index contributed by atoms with van der Waals surface area (Å²) in [5, 5.41) is 6.02. The highest BCUT2D eigenvalue weighted by Crippen LogP contribution is 2.34. The minimum Gasteiger partial charge on any atom is -0.399 e. The molecule has 0 unspecified atom stereocenters. The lowest BCUT2D eigenvalue weighted by Gasteiger charge is -2.11. The van der Waals surface area contributed by atoms with E-state index in [9.17, 15) is 8.42 Å². The van der Waals surface area contributed by atoms with Crippen molar-refractivity contribution in [2.75, 3.05) is 5.73 Å². The van der Waals surface area contributed by atoms with Crippen LogP contribution in [0, 0.1) is 20.8 Å². The van der Waals surface area contributed by atoms with Crippen molar-refractivity contribution in [3.63, 3.8) is 0 Å². The van der Waals surface area contributed by atoms with E-state index in [0.29, 0.717) is 11.3 Å². The maximum atomic E-state index is 11.6. The third-order valence-corrected chi connectivity index (χ3v) is 5.03. The monoisotopic (exact) mass is 323 g/mol. The van der Waals surface area contributed by atoms with Crippen LogP contribution in [0.4, 0.5) is 5.69 Å². The average Bonchev–Trinajstić information content (AvgIpc) is 2.30. The van der Waals surface area contributed by atoms with E-state index in [-0.39, 0.29) is 4.90 Å². The van der Waals surface area contributed by atoms with E-state index in [1.54, 1.807) is 13.0 Å². The van der Waals surface area contributed by atoms with Crippen molar-refractivity contribution in [1.82, 2.24) is 4.98 Å². The summed E-state index contributed by atoms with van der Waals surface area (Å²) in [4.78, 5) is 5.22. The molecule has 0 bridgehead atoms. The summed E-state index contributed by atoms with van der Waals surface area (Å²) in [6, 6.07) is 7.03. The highest BCUT2D eigenvalue weighted by Gasteiger charge is 2.16. The van der Waals surface area contributed by atoms with Gasteiger partial charge in [-0.25, -0.2) is 18.5 Å². The Labute approximate surface area is 128 Å². The number of aromatic nitrogens is 1. The van der Waals surface area contributed by atoms with Crippen molar-refractivity contribution >= 4 is 27.5 Å². The van der Waals surface area contributed by atoms with Gasteiger partial charge in [0.15, 0.2) is 0 Å². The molecule has 0 atom stereocenters. The molecular formula is C14H17N3O2S2. The fourth-order valence-corrected chi connectivity index (χ4v) is 4.07. The second kappa shape index (κ2) is 5.67. The molecule has 0 fully saturated rings. The lowest BCUT2D eigenvalue weighted by molar-refractivity contribution is 0.597. The van der Waals surface area contributed by atoms with Crippen LogP contribution in [0.2, 0.25) is 0 Å². The first-order valence-electron chi connectivity index (χ1n) is 6.23. The maximum absolute atomic E-state index is 11.6. The number of nitrogen functional groups attached to an aromatic ring is 1. The normalized spacial score (nSPS) is 11.6. The van der Waals surface area contributed by atoms with Crippen LogP contribution in [-0.4, -0.2) is 13.4 Å². The van der Waals surface area contributed by atoms with Gasteiger partial charge in [-0.1, -0.05) is 11.8 Å². The van der Waals surface area contributed by atoms with Crippen LogP contribution < -0.4 is 10.9 Å². The maximum Gasteiger partial charge on any atom is 0.238 e. The van der Waals surface area contributed by atoms with Crippen molar-refractivity contribution in [2.24, 2.45) is 5.14 Å². The number of hydrogen-bond acceptors (Lipinski definition) is 5. The molecule has 0 saturated heterocycles. The van der Waals surface area contributed by atoms with Crippen LogP contribution in [0.1, 0.15) is 16.8 Å². The molecule has 0 aliphatic carbocycles. The van der Waals surface area contributed by atoms with E-state index < -0.39 is 10.0 Å². The zero-order valence-corrected chi connectivity index (χ0v) is 13.7. The number of primary sulfonamides is 1. The van der Waals surface area contributed by atoms with E-state index in [1.807, 2.05) is 26.0 Å². The largest absolute Gasteiger partial charge is 0.399 e. The van der Waals surface area contributed by atoms with Gasteiger partial charge in [-0.05, 0) is 56.2 Å². The van der Waals surface area contributed by atoms with Gasteiger partial charge in [0.2, 0.25) is 10.0 Å². The van der Waals surface area contributed by atoms with E-state index >= 15 is 0 Å². The smallest absolute Gasteiger partial charge is 0.238 e. The van der Waals surface area contributed by atoms with E-state index in [4.69, 9.17) is 10.9 Å². The van der Waals surface area contributed by atoms with Gasteiger partial charge in [-0.2, -0.15) is 0 Å². The molecule has 0 aliphatic rings. The molecule has 2 aromatic rings. The van der Waals surface area contributed by atoms with Crippen LogP contribution in [0.5, 0.6) is 0 Å². The Morgan fingerprint density at radius 2 is 1.76 bits per heavy atom. The highest BCUT2D eigenvalue weighted by atomic mass is 32.2. The molecule has 0 radical (unpaired) electrons. The molecule has 1 heterocycles. The van der Waals surface area contributed by atoms with Crippen LogP contribution >= 0.6 is 11.8 Å². The average molecular weight is 323 g/mol. The zero-order valence-electron chi connectivity index (χ0n) is 12.0. The molecule has 0 amide bonds. The van der Waals surface area contributed by atoms with Crippen molar-refractivity contribution in [2.45, 2.75) is 35.6 Å². The number of benzene rings is 1. The van der Waals surface area contributed by atoms with Crippen LogP contribution in [0.15, 0.2) is 39.1 Å². The predicted molar refractivity (Wildman–Crippen MR) is 84.8 cm³/mol. The Balaban J connectivity index is 2.52. The van der Waals surface area contributed by atoms with Gasteiger partial charge in [0.1, 0.15) is 5.03 Å². The lowest BCUT2D eigenvalue weighted by Crippen LogP contribution is -2.14. The third-order valence-electron chi connectivity index (χ3n) is 2.93. The van der Waals surface area contributed by atoms with E-state index in [2.05, 4.69) is 4.98 Å². The standard InChI is InChI=1S/C14H17N3O2S2/c1-8-4-9(2)17-14(5-8)20-12-6-11(15)7-13(10(12)3)21(16,18)19/h4-7H,15H2,1-3H3,(H2,16,18,19). The quantitative estimate of drug-likeness (QED) is 0.845. The van der Waals surface area contributed by atoms with Crippen molar-refractivity contribution in [1.29, 1.82) is 0 Å². The fourth-order valence-electron chi connectivity index (χ4n) is 2.05. The SMILES string of the molecule is Cc1cc(C)nc(Sc2cc(N)cc(S(N)(=O)=O)c2C)c1. The highest BCUT2D eigenvalue weighted by molar-refractivity contribution is 7.99. The Hall–Kier alpha value is -1.57. The second-order valence-electron chi connectivity index (χ2n) is 4.91. The minimum absolute atomic E-state index is 0.0503. The number of anilines is 1. The van der Waals surface area contributed by atoms with Gasteiger partial charge in [-0.15, -0.1) is 0 Å². The summed E-state index contributed by atoms with van der Waals surface area (Å²) in [7, 11) is -3.80. The predicted octanol–water partition coefficient (Wildman–Crippen LogP) is 2.39. The van der Waals surface area contributed by atoms with Gasteiger partial charge in [0.25, 0.3) is 0 Å². The molecule has 1 aromatic carbocycles. The molecule has 112 valence electrons. The number of aryl methyl sites for hydroxylation is 2. The molecule has 7 heteroatoms. The molecule has 0 saturated carbocycles. The molecule has 0 spiro atoms. The zero-order chi connectivity index (χ0) is 15.8. The number of nitrogens with zero attached hydrogens (tertiary/aromatic N) is 1. The number of nitrogens with two attached hydrogens (primary N) is 2. The first-order chi connectivity index (χ1) is 9.66. The van der Waals surface area contributed by atoms with Crippen molar-refractivity contribution in [3.05, 3.63) is 41.1 Å². The van der Waals surface area contributed by atoms with Gasteiger partial charge in [-0.3, -0.25) is 0 Å². The fraction of sp³-hybridized carbons (Fsp3) is 0.214. The number of sulfonamides is 1. The van der Waals surface area contributed by atoms with Crippen LogP contribution in [0.3, 0.4) is 0 Å². The van der Waals surface area contributed by atoms with Crippen molar-refractivity contribution < 1.29 is 8.42 Å². The summed E-state index contributed by atoms with van der Waals surface area (Å²) in [6.07, 6.45) is 0. The van der Waals surface area contributed by atoms with Gasteiger partial charge in [0, 0.05) is 16.3 Å². The molecule has 2 rings (SSSR count). The topological polar surface area (TPSA) is 99.1 Å². The molecule has 0 aliphatic heterocycles. The van der Waals surface area contributed by atoms with Crippen molar-refractivity contribution in [3.8, 4) is 0 Å². The first kappa shape index (κ1) is 15.8. The Kier molecular flexibility index (Phi) is 4.27. The molecule has 21 heavy (non-hydrogen) atoms. The lowest BCUT2D eigenvalue weighted by atomic mass is 10.2. The summed E-state index contributed by atoms with van der Waals surface area (Å²) in [5.74, 6) is 0. The molecule has 4 N–H and O–H groups in total. The van der Waals surface area contributed by atoms with Crippen LogP contribution in [-0.2, 0) is 10.0 Å². The Morgan fingerprint density at radius 1 is 1.10 bits per heavy atom. The minimum atomic E-state index is -3.80. The number of pyridine rings is 1. The Morgan fingerprint density at radius 3 is 2.33 bits per heavy atom. The van der Waals surface area contributed by atoms with Crippen LogP contribution in [0.25, 0.3) is 0 Å². The Bertz CT molecular complexity index is 782. The summed E-state index contributed by atoms with van der Waals surface area (Å²) < 4.78 is 23.2. The summed E-state index contributed by atoms with van der Waals surface area (Å²) in [5.41, 5.74) is 8.73. The second-order valence-corrected chi connectivity index (χ2v) is 7.51. The van der Waals surface area contributed by atoms with E-state index in [1.165, 1.54) is 17.8 Å². The van der Waals surface area contributed by atoms with Gasteiger partial charge >= 0.3 is 0 Å². The molecule has 5 nitrogen and oxygen atoms in total. The number of rotatable bonds is 3. The summed E-state index contributed by atoms with van der Waals surface area (Å²) >= 11 is 1.38. The van der Waals surface area contributed by atoms with Gasteiger partial charge in [0.05, 0.1) is 4.90 Å².